The van der Waals surface area contributed by atoms with Gasteiger partial charge < -0.3 is 14.5 Å². The minimum absolute atomic E-state index is 0.0119. The summed E-state index contributed by atoms with van der Waals surface area (Å²) in [7, 11) is -3.12. The van der Waals surface area contributed by atoms with E-state index in [1.807, 2.05) is 37.3 Å². The maximum Gasteiger partial charge on any atom is 0.261 e. The van der Waals surface area contributed by atoms with E-state index in [4.69, 9.17) is 4.74 Å². The van der Waals surface area contributed by atoms with Gasteiger partial charge in [0.25, 0.3) is 5.91 Å². The first kappa shape index (κ1) is 26.1. The molecule has 1 atom stereocenters. The molecule has 0 bridgehead atoms. The quantitative estimate of drug-likeness (QED) is 0.493. The zero-order chi connectivity index (χ0) is 24.9. The maximum absolute atomic E-state index is 13.4. The Bertz CT molecular complexity index is 1080. The third-order valence-corrected chi connectivity index (χ3v) is 8.28. The Morgan fingerprint density at radius 2 is 1.76 bits per heavy atom. The van der Waals surface area contributed by atoms with E-state index in [-0.39, 0.29) is 36.0 Å². The zero-order valence-electron chi connectivity index (χ0n) is 21.1. The summed E-state index contributed by atoms with van der Waals surface area (Å²) in [5, 5.41) is 0. The van der Waals surface area contributed by atoms with E-state index >= 15 is 0 Å². The van der Waals surface area contributed by atoms with Crippen molar-refractivity contribution in [2.45, 2.75) is 59.5 Å². The summed E-state index contributed by atoms with van der Waals surface area (Å²) >= 11 is 0. The van der Waals surface area contributed by atoms with Crippen LogP contribution in [0, 0.1) is 6.92 Å². The van der Waals surface area contributed by atoms with Crippen LogP contribution in [0.4, 0.5) is 5.69 Å². The molecule has 0 spiro atoms. The molecule has 1 fully saturated rings. The molecular weight excluding hydrogens is 448 g/mol. The van der Waals surface area contributed by atoms with Crippen molar-refractivity contribution in [3.63, 3.8) is 0 Å². The number of hydrogen-bond donors (Lipinski definition) is 0. The fourth-order valence-corrected chi connectivity index (χ4v) is 6.24. The predicted molar refractivity (Wildman–Crippen MR) is 138 cm³/mol. The molecule has 2 aromatic carbocycles. The van der Waals surface area contributed by atoms with Gasteiger partial charge in [-0.05, 0) is 68.0 Å². The van der Waals surface area contributed by atoms with Crippen molar-refractivity contribution in [1.29, 1.82) is 0 Å². The Hall–Kier alpha value is -2.54. The summed E-state index contributed by atoms with van der Waals surface area (Å²) < 4.78 is 30.3. The van der Waals surface area contributed by atoms with Crippen LogP contribution < -0.4 is 9.64 Å². The molecule has 7 heteroatoms. The molecule has 0 aliphatic carbocycles. The van der Waals surface area contributed by atoms with Gasteiger partial charge >= 0.3 is 0 Å². The number of nitrogens with zero attached hydrogens (tertiary/aromatic N) is 2. The fourth-order valence-electron chi connectivity index (χ4n) is 4.51. The standard InChI is InChI=1S/C27H38N2O4S/c1-6-28(7-2)23-11-9-22(10-12-23)17-29(24-14-15-34(31,32)19-24)27(30)18-33-26-16-21(5)8-13-25(26)20(3)4/h8-13,16,20,24H,6-7,14-15,17-19H2,1-5H3. The third-order valence-electron chi connectivity index (χ3n) is 6.53. The fraction of sp³-hybridized carbons (Fsp3) is 0.519. The highest BCUT2D eigenvalue weighted by Crippen LogP contribution is 2.28. The molecule has 34 heavy (non-hydrogen) atoms. The molecule has 1 saturated heterocycles. The van der Waals surface area contributed by atoms with Gasteiger partial charge in [-0.25, -0.2) is 8.42 Å². The highest BCUT2D eigenvalue weighted by Gasteiger charge is 2.35. The average Bonchev–Trinajstić information content (AvgIpc) is 3.16. The first-order valence-electron chi connectivity index (χ1n) is 12.2. The first-order chi connectivity index (χ1) is 16.1. The number of anilines is 1. The molecule has 1 aliphatic heterocycles. The number of aryl methyl sites for hydroxylation is 1. The third kappa shape index (κ3) is 6.53. The minimum Gasteiger partial charge on any atom is -0.483 e. The summed E-state index contributed by atoms with van der Waals surface area (Å²) in [6, 6.07) is 13.9. The Labute approximate surface area is 204 Å². The van der Waals surface area contributed by atoms with Gasteiger partial charge in [0.05, 0.1) is 11.5 Å². The molecule has 0 N–H and O–H groups in total. The summed E-state index contributed by atoms with van der Waals surface area (Å²) in [6.45, 7) is 12.5. The zero-order valence-corrected chi connectivity index (χ0v) is 21.9. The second kappa shape index (κ2) is 11.3. The topological polar surface area (TPSA) is 66.9 Å². The number of ether oxygens (including phenoxy) is 1. The number of carbonyl (C=O) groups is 1. The lowest BCUT2D eigenvalue weighted by molar-refractivity contribution is -0.136. The van der Waals surface area contributed by atoms with Crippen LogP contribution in [0.25, 0.3) is 0 Å². The van der Waals surface area contributed by atoms with Crippen LogP contribution in [-0.2, 0) is 21.2 Å². The highest BCUT2D eigenvalue weighted by molar-refractivity contribution is 7.91. The van der Waals surface area contributed by atoms with Gasteiger partial charge in [-0.3, -0.25) is 4.79 Å². The summed E-state index contributed by atoms with van der Waals surface area (Å²) in [4.78, 5) is 17.3. The Balaban J connectivity index is 1.78. The molecule has 1 amide bonds. The minimum atomic E-state index is -3.12. The van der Waals surface area contributed by atoms with Crippen LogP contribution in [0.15, 0.2) is 42.5 Å². The van der Waals surface area contributed by atoms with E-state index in [1.165, 1.54) is 0 Å². The van der Waals surface area contributed by atoms with Crippen molar-refractivity contribution in [3.05, 3.63) is 59.2 Å². The summed E-state index contributed by atoms with van der Waals surface area (Å²) in [6.07, 6.45) is 0.466. The first-order valence-corrected chi connectivity index (χ1v) is 14.0. The second-order valence-corrected chi connectivity index (χ2v) is 11.6. The van der Waals surface area contributed by atoms with E-state index in [9.17, 15) is 13.2 Å². The van der Waals surface area contributed by atoms with Crippen LogP contribution in [0.3, 0.4) is 0 Å². The van der Waals surface area contributed by atoms with Crippen LogP contribution >= 0.6 is 0 Å². The molecule has 1 unspecified atom stereocenters. The number of rotatable bonds is 10. The predicted octanol–water partition coefficient (Wildman–Crippen LogP) is 4.56. The normalized spacial score (nSPS) is 17.1. The Kier molecular flexibility index (Phi) is 8.63. The number of amides is 1. The van der Waals surface area contributed by atoms with Crippen LogP contribution in [-0.4, -0.2) is 56.5 Å². The van der Waals surface area contributed by atoms with Crippen molar-refractivity contribution in [3.8, 4) is 5.75 Å². The average molecular weight is 487 g/mol. The lowest BCUT2D eigenvalue weighted by Crippen LogP contribution is -2.43. The second-order valence-electron chi connectivity index (χ2n) is 9.40. The van der Waals surface area contributed by atoms with Crippen LogP contribution in [0.5, 0.6) is 5.75 Å². The van der Waals surface area contributed by atoms with Crippen molar-refractivity contribution in [1.82, 2.24) is 4.90 Å². The number of hydrogen-bond acceptors (Lipinski definition) is 5. The van der Waals surface area contributed by atoms with Crippen molar-refractivity contribution in [2.24, 2.45) is 0 Å². The molecule has 2 aromatic rings. The molecule has 1 heterocycles. The van der Waals surface area contributed by atoms with Crippen molar-refractivity contribution >= 4 is 21.4 Å². The van der Waals surface area contributed by atoms with E-state index in [0.717, 1.165) is 35.5 Å². The Morgan fingerprint density at radius 3 is 2.32 bits per heavy atom. The molecule has 0 aromatic heterocycles. The lowest BCUT2D eigenvalue weighted by Gasteiger charge is -2.29. The van der Waals surface area contributed by atoms with Crippen LogP contribution in [0.2, 0.25) is 0 Å². The van der Waals surface area contributed by atoms with Crippen molar-refractivity contribution in [2.75, 3.05) is 36.1 Å². The summed E-state index contributed by atoms with van der Waals surface area (Å²) in [5.74, 6) is 0.930. The smallest absolute Gasteiger partial charge is 0.261 e. The molecule has 186 valence electrons. The molecule has 0 saturated carbocycles. The van der Waals surface area contributed by atoms with Gasteiger partial charge in [0.2, 0.25) is 0 Å². The van der Waals surface area contributed by atoms with Crippen molar-refractivity contribution < 1.29 is 17.9 Å². The van der Waals surface area contributed by atoms with E-state index in [0.29, 0.717) is 18.7 Å². The molecule has 6 nitrogen and oxygen atoms in total. The molecule has 0 radical (unpaired) electrons. The van der Waals surface area contributed by atoms with Gasteiger partial charge in [-0.1, -0.05) is 38.1 Å². The molecule has 3 rings (SSSR count). The number of carbonyl (C=O) groups excluding carboxylic acids is 1. The number of sulfone groups is 1. The highest BCUT2D eigenvalue weighted by atomic mass is 32.2. The number of benzene rings is 2. The van der Waals surface area contributed by atoms with Crippen LogP contribution in [0.1, 0.15) is 56.7 Å². The maximum atomic E-state index is 13.4. The van der Waals surface area contributed by atoms with Gasteiger partial charge in [0.1, 0.15) is 5.75 Å². The monoisotopic (exact) mass is 486 g/mol. The van der Waals surface area contributed by atoms with E-state index in [2.05, 4.69) is 44.7 Å². The molecular formula is C27H38N2O4S. The van der Waals surface area contributed by atoms with Gasteiger partial charge in [-0.2, -0.15) is 0 Å². The van der Waals surface area contributed by atoms with E-state index in [1.54, 1.807) is 4.90 Å². The summed E-state index contributed by atoms with van der Waals surface area (Å²) in [5.41, 5.74) is 4.24. The Morgan fingerprint density at radius 1 is 1.09 bits per heavy atom. The van der Waals surface area contributed by atoms with Gasteiger partial charge in [-0.15, -0.1) is 0 Å². The largest absolute Gasteiger partial charge is 0.483 e. The molecule has 1 aliphatic rings. The van der Waals surface area contributed by atoms with Gasteiger partial charge in [0, 0.05) is 31.4 Å². The van der Waals surface area contributed by atoms with E-state index < -0.39 is 9.84 Å². The lowest BCUT2D eigenvalue weighted by atomic mass is 10.0. The van der Waals surface area contributed by atoms with Gasteiger partial charge in [0.15, 0.2) is 16.4 Å². The SMILES string of the molecule is CCN(CC)c1ccc(CN(C(=O)COc2cc(C)ccc2C(C)C)C2CCS(=O)(=O)C2)cc1.